The van der Waals surface area contributed by atoms with E-state index < -0.39 is 35.7 Å². The third kappa shape index (κ3) is 8.35. The largest absolute Gasteiger partial charge is 0.479 e. The van der Waals surface area contributed by atoms with Gasteiger partial charge in [-0.15, -0.1) is 0 Å². The van der Waals surface area contributed by atoms with E-state index in [4.69, 9.17) is 4.74 Å². The Kier molecular flexibility index (Phi) is 9.46. The van der Waals surface area contributed by atoms with Crippen molar-refractivity contribution in [2.24, 2.45) is 11.8 Å². The Morgan fingerprint density at radius 3 is 2.15 bits per heavy atom. The van der Waals surface area contributed by atoms with E-state index >= 15 is 0 Å². The Morgan fingerprint density at radius 1 is 1.06 bits per heavy atom. The van der Waals surface area contributed by atoms with Gasteiger partial charge in [0.15, 0.2) is 6.04 Å². The lowest BCUT2D eigenvalue weighted by Crippen LogP contribution is -2.53. The highest BCUT2D eigenvalue weighted by molar-refractivity contribution is 5.87. The van der Waals surface area contributed by atoms with Crippen molar-refractivity contribution in [3.8, 4) is 0 Å². The van der Waals surface area contributed by atoms with Crippen molar-refractivity contribution < 1.29 is 29.0 Å². The molecule has 0 radical (unpaired) electrons. The maximum absolute atomic E-state index is 13.1. The summed E-state index contributed by atoms with van der Waals surface area (Å²) in [5.74, 6) is -1.88. The van der Waals surface area contributed by atoms with Crippen LogP contribution >= 0.6 is 0 Å². The SMILES string of the molecule is CC(C)CC(NC(=O)OC(C)(C)C)C(=O)N1CCC(C(=O)NC(C(=O)O)c2ccccc2)CC1. The Morgan fingerprint density at radius 2 is 1.65 bits per heavy atom. The van der Waals surface area contributed by atoms with Crippen molar-refractivity contribution in [1.29, 1.82) is 0 Å². The number of carbonyl (C=O) groups excluding carboxylic acids is 3. The second kappa shape index (κ2) is 11.9. The molecule has 0 aromatic heterocycles. The first-order chi connectivity index (χ1) is 15.9. The molecule has 3 amide bonds. The fourth-order valence-electron chi connectivity index (χ4n) is 3.92. The van der Waals surface area contributed by atoms with Crippen LogP contribution in [-0.4, -0.2) is 58.6 Å². The van der Waals surface area contributed by atoms with Gasteiger partial charge in [-0.25, -0.2) is 9.59 Å². The maximum Gasteiger partial charge on any atom is 0.408 e. The number of hydrogen-bond acceptors (Lipinski definition) is 5. The van der Waals surface area contributed by atoms with Crippen LogP contribution in [0.25, 0.3) is 0 Å². The number of carboxylic acids is 1. The molecule has 1 saturated heterocycles. The molecule has 2 rings (SSSR count). The number of amides is 3. The summed E-state index contributed by atoms with van der Waals surface area (Å²) in [4.78, 5) is 51.5. The van der Waals surface area contributed by atoms with Gasteiger partial charge in [0.1, 0.15) is 11.6 Å². The standard InChI is InChI=1S/C25H37N3O6/c1-16(2)15-19(26-24(33)34-25(3,4)5)22(30)28-13-11-18(12-14-28)21(29)27-20(23(31)32)17-9-7-6-8-10-17/h6-10,16,18-20H,11-15H2,1-5H3,(H,26,33)(H,27,29)(H,31,32). The topological polar surface area (TPSA) is 125 Å². The van der Waals surface area contributed by atoms with E-state index in [0.717, 1.165) is 0 Å². The van der Waals surface area contributed by atoms with E-state index in [9.17, 15) is 24.3 Å². The number of aliphatic carboxylic acids is 1. The summed E-state index contributed by atoms with van der Waals surface area (Å²) >= 11 is 0. The summed E-state index contributed by atoms with van der Waals surface area (Å²) in [6.07, 6.45) is 0.663. The molecule has 3 N–H and O–H groups in total. The highest BCUT2D eigenvalue weighted by Gasteiger charge is 2.34. The quantitative estimate of drug-likeness (QED) is 0.531. The maximum atomic E-state index is 13.1. The van der Waals surface area contributed by atoms with Gasteiger partial charge in [0.05, 0.1) is 0 Å². The zero-order valence-electron chi connectivity index (χ0n) is 20.7. The number of rotatable bonds is 8. The van der Waals surface area contributed by atoms with Crippen LogP contribution in [0.3, 0.4) is 0 Å². The van der Waals surface area contributed by atoms with Crippen LogP contribution in [0.15, 0.2) is 30.3 Å². The van der Waals surface area contributed by atoms with E-state index in [-0.39, 0.29) is 17.7 Å². The summed E-state index contributed by atoms with van der Waals surface area (Å²) in [6.45, 7) is 9.92. The van der Waals surface area contributed by atoms with Gasteiger partial charge in [-0.3, -0.25) is 9.59 Å². The van der Waals surface area contributed by atoms with Crippen LogP contribution < -0.4 is 10.6 Å². The Hall–Kier alpha value is -3.10. The molecule has 1 aliphatic heterocycles. The molecule has 9 heteroatoms. The monoisotopic (exact) mass is 475 g/mol. The number of likely N-dealkylation sites (tertiary alicyclic amines) is 1. The molecule has 2 unspecified atom stereocenters. The molecule has 0 saturated carbocycles. The molecule has 1 heterocycles. The zero-order valence-corrected chi connectivity index (χ0v) is 20.7. The van der Waals surface area contributed by atoms with Gasteiger partial charge < -0.3 is 25.4 Å². The summed E-state index contributed by atoms with van der Waals surface area (Å²) in [5.41, 5.74) is -0.171. The number of benzene rings is 1. The first-order valence-electron chi connectivity index (χ1n) is 11.7. The Bertz CT molecular complexity index is 857. The van der Waals surface area contributed by atoms with Crippen LogP contribution in [0, 0.1) is 11.8 Å². The molecule has 188 valence electrons. The van der Waals surface area contributed by atoms with Crippen molar-refractivity contribution in [3.63, 3.8) is 0 Å². The molecule has 1 aromatic carbocycles. The minimum atomic E-state index is -1.13. The van der Waals surface area contributed by atoms with Crippen LogP contribution in [0.5, 0.6) is 0 Å². The molecular weight excluding hydrogens is 438 g/mol. The first kappa shape index (κ1) is 27.1. The first-order valence-corrected chi connectivity index (χ1v) is 11.7. The number of nitrogens with zero attached hydrogens (tertiary/aromatic N) is 1. The predicted octanol–water partition coefficient (Wildman–Crippen LogP) is 3.11. The third-order valence-electron chi connectivity index (χ3n) is 5.54. The van der Waals surface area contributed by atoms with E-state index in [1.807, 2.05) is 13.8 Å². The lowest BCUT2D eigenvalue weighted by molar-refractivity contribution is -0.143. The van der Waals surface area contributed by atoms with Crippen molar-refractivity contribution >= 4 is 23.9 Å². The van der Waals surface area contributed by atoms with E-state index in [2.05, 4.69) is 10.6 Å². The summed E-state index contributed by atoms with van der Waals surface area (Å²) < 4.78 is 5.31. The fraction of sp³-hybridized carbons (Fsp3) is 0.600. The normalized spacial score (nSPS) is 16.5. The fourth-order valence-corrected chi connectivity index (χ4v) is 3.92. The summed E-state index contributed by atoms with van der Waals surface area (Å²) in [6, 6.07) is 6.71. The van der Waals surface area contributed by atoms with Crippen molar-refractivity contribution in [2.75, 3.05) is 13.1 Å². The minimum Gasteiger partial charge on any atom is -0.479 e. The van der Waals surface area contributed by atoms with Gasteiger partial charge in [-0.2, -0.15) is 0 Å². The van der Waals surface area contributed by atoms with Crippen LogP contribution in [0.1, 0.15) is 65.5 Å². The average Bonchev–Trinajstić information content (AvgIpc) is 2.75. The molecule has 0 spiro atoms. The zero-order chi connectivity index (χ0) is 25.5. The molecule has 0 bridgehead atoms. The smallest absolute Gasteiger partial charge is 0.408 e. The van der Waals surface area contributed by atoms with Crippen LogP contribution in [0.4, 0.5) is 4.79 Å². The number of ether oxygens (including phenoxy) is 1. The molecule has 2 atom stereocenters. The number of piperidine rings is 1. The molecule has 1 fully saturated rings. The van der Waals surface area contributed by atoms with Gasteiger partial charge >= 0.3 is 12.1 Å². The van der Waals surface area contributed by atoms with Gasteiger partial charge in [-0.05, 0) is 51.5 Å². The number of hydrogen-bond donors (Lipinski definition) is 3. The van der Waals surface area contributed by atoms with Gasteiger partial charge in [0, 0.05) is 19.0 Å². The van der Waals surface area contributed by atoms with E-state index in [0.29, 0.717) is 37.9 Å². The van der Waals surface area contributed by atoms with Gasteiger partial charge in [0.25, 0.3) is 0 Å². The van der Waals surface area contributed by atoms with Gasteiger partial charge in [-0.1, -0.05) is 44.2 Å². The summed E-state index contributed by atoms with van der Waals surface area (Å²) in [5, 5.41) is 14.9. The van der Waals surface area contributed by atoms with Gasteiger partial charge in [0.2, 0.25) is 11.8 Å². The third-order valence-corrected chi connectivity index (χ3v) is 5.54. The predicted molar refractivity (Wildman–Crippen MR) is 127 cm³/mol. The summed E-state index contributed by atoms with van der Waals surface area (Å²) in [7, 11) is 0. The molecule has 34 heavy (non-hydrogen) atoms. The number of carboxylic acid groups (broad SMARTS) is 1. The molecule has 1 aliphatic rings. The van der Waals surface area contributed by atoms with E-state index in [1.165, 1.54) is 0 Å². The Balaban J connectivity index is 1.96. The minimum absolute atomic E-state index is 0.179. The molecule has 1 aromatic rings. The highest BCUT2D eigenvalue weighted by Crippen LogP contribution is 2.22. The molecule has 0 aliphatic carbocycles. The van der Waals surface area contributed by atoms with Crippen molar-refractivity contribution in [1.82, 2.24) is 15.5 Å². The lowest BCUT2D eigenvalue weighted by Gasteiger charge is -2.34. The number of nitrogens with one attached hydrogen (secondary N) is 2. The number of alkyl carbamates (subject to hydrolysis) is 1. The highest BCUT2D eigenvalue weighted by atomic mass is 16.6. The lowest BCUT2D eigenvalue weighted by atomic mass is 9.94. The second-order valence-corrected chi connectivity index (χ2v) is 10.1. The molecular formula is C25H37N3O6. The second-order valence-electron chi connectivity index (χ2n) is 10.1. The van der Waals surface area contributed by atoms with Crippen molar-refractivity contribution in [3.05, 3.63) is 35.9 Å². The van der Waals surface area contributed by atoms with Crippen LogP contribution in [0.2, 0.25) is 0 Å². The average molecular weight is 476 g/mol. The van der Waals surface area contributed by atoms with Crippen molar-refractivity contribution in [2.45, 2.75) is 71.6 Å². The number of carbonyl (C=O) groups is 4. The Labute approximate surface area is 201 Å². The molecule has 9 nitrogen and oxygen atoms in total. The van der Waals surface area contributed by atoms with Crippen LogP contribution in [-0.2, 0) is 19.1 Å². The van der Waals surface area contributed by atoms with E-state index in [1.54, 1.807) is 56.0 Å².